The number of hydrogen-bond acceptors (Lipinski definition) is 3. The van der Waals surface area contributed by atoms with Crippen LogP contribution in [0.25, 0.3) is 0 Å². The molecule has 0 aliphatic rings. The molecule has 0 spiro atoms. The minimum absolute atomic E-state index is 0.265. The highest BCUT2D eigenvalue weighted by Crippen LogP contribution is 2.30. The van der Waals surface area contributed by atoms with Crippen LogP contribution in [0.5, 0.6) is 0 Å². The Labute approximate surface area is 350 Å². The summed E-state index contributed by atoms with van der Waals surface area (Å²) in [5.74, 6) is 5.66. The molecule has 316 valence electrons. The standard InChI is InChI=1S/C50H84Cl2O3/c1-37(27-39(3)29-41(5)31-43(7)33-45(9)51)19-17-25-49(53-35-47-21-13-11-14-22-47)55-50(54-36-48-23-15-12-16-24-48)26-18-20-38(2)28-40(4)30-42(6)32-44(8)34-46(10)52/h11-16,21-24,37-46,49-50H,17-20,25-36H2,1-10H3. The largest absolute Gasteiger partial charge is 0.348 e. The van der Waals surface area contributed by atoms with Crippen molar-refractivity contribution in [1.29, 1.82) is 0 Å². The minimum Gasteiger partial charge on any atom is -0.348 e. The molecule has 0 saturated carbocycles. The maximum Gasteiger partial charge on any atom is 0.161 e. The van der Waals surface area contributed by atoms with Crippen LogP contribution in [0, 0.1) is 47.3 Å². The lowest BCUT2D eigenvalue weighted by Gasteiger charge is -2.27. The van der Waals surface area contributed by atoms with Crippen LogP contribution in [0.1, 0.15) is 170 Å². The van der Waals surface area contributed by atoms with Gasteiger partial charge in [-0.2, -0.15) is 0 Å². The second-order valence-corrected chi connectivity index (χ2v) is 20.2. The summed E-state index contributed by atoms with van der Waals surface area (Å²) in [5.41, 5.74) is 2.34. The summed E-state index contributed by atoms with van der Waals surface area (Å²) in [6.07, 6.45) is 15.5. The van der Waals surface area contributed by atoms with Gasteiger partial charge < -0.3 is 14.2 Å². The fourth-order valence-electron chi connectivity index (χ4n) is 9.39. The van der Waals surface area contributed by atoms with Gasteiger partial charge in [0.25, 0.3) is 0 Å². The molecule has 0 bridgehead atoms. The van der Waals surface area contributed by atoms with Gasteiger partial charge in [-0.05, 0) is 149 Å². The van der Waals surface area contributed by atoms with Crippen molar-refractivity contribution in [2.75, 3.05) is 0 Å². The summed E-state index contributed by atoms with van der Waals surface area (Å²) in [4.78, 5) is 0. The lowest BCUT2D eigenvalue weighted by Crippen LogP contribution is -2.27. The van der Waals surface area contributed by atoms with Gasteiger partial charge in [0.15, 0.2) is 12.6 Å². The molecule has 5 heteroatoms. The third kappa shape index (κ3) is 25.8. The molecule has 0 amide bonds. The fourth-order valence-corrected chi connectivity index (χ4v) is 9.99. The number of benzene rings is 2. The van der Waals surface area contributed by atoms with Crippen LogP contribution in [0.2, 0.25) is 0 Å². The van der Waals surface area contributed by atoms with Crippen molar-refractivity contribution in [3.05, 3.63) is 71.8 Å². The van der Waals surface area contributed by atoms with E-state index in [4.69, 9.17) is 37.4 Å². The molecule has 0 aliphatic carbocycles. The van der Waals surface area contributed by atoms with E-state index in [1.54, 1.807) is 0 Å². The van der Waals surface area contributed by atoms with Crippen LogP contribution in [0.15, 0.2) is 60.7 Å². The van der Waals surface area contributed by atoms with Crippen molar-refractivity contribution in [3.8, 4) is 0 Å². The Hall–Kier alpha value is -1.10. The Morgan fingerprint density at radius 3 is 0.982 bits per heavy atom. The van der Waals surface area contributed by atoms with E-state index in [1.807, 2.05) is 0 Å². The predicted molar refractivity (Wildman–Crippen MR) is 240 cm³/mol. The van der Waals surface area contributed by atoms with Gasteiger partial charge in [0, 0.05) is 10.8 Å². The maximum atomic E-state index is 6.79. The number of halogens is 2. The predicted octanol–water partition coefficient (Wildman–Crippen LogP) is 15.9. The first kappa shape index (κ1) is 50.0. The number of ether oxygens (including phenoxy) is 3. The monoisotopic (exact) mass is 803 g/mol. The van der Waals surface area contributed by atoms with Gasteiger partial charge >= 0.3 is 0 Å². The molecule has 55 heavy (non-hydrogen) atoms. The smallest absolute Gasteiger partial charge is 0.161 e. The molecule has 0 aromatic heterocycles. The van der Waals surface area contributed by atoms with Gasteiger partial charge in [-0.15, -0.1) is 23.2 Å². The normalized spacial score (nSPS) is 18.7. The molecule has 0 fully saturated rings. The first-order chi connectivity index (χ1) is 26.2. The summed E-state index contributed by atoms with van der Waals surface area (Å²) in [7, 11) is 0. The van der Waals surface area contributed by atoms with E-state index in [-0.39, 0.29) is 23.3 Å². The summed E-state index contributed by atoms with van der Waals surface area (Å²) < 4.78 is 19.9. The molecular formula is C50H84Cl2O3. The highest BCUT2D eigenvalue weighted by molar-refractivity contribution is 6.20. The first-order valence-corrected chi connectivity index (χ1v) is 23.3. The SMILES string of the molecule is CC(Cl)CC(C)CC(C)CC(C)CC(C)CCCC(OCc1ccccc1)OC(CCCC(C)CC(C)CC(C)CC(C)CC(C)Cl)OCc1ccccc1. The van der Waals surface area contributed by atoms with Gasteiger partial charge in [-0.3, -0.25) is 0 Å². The summed E-state index contributed by atoms with van der Waals surface area (Å²) in [5, 5.41) is 0.531. The zero-order valence-corrected chi connectivity index (χ0v) is 38.5. The molecule has 3 nitrogen and oxygen atoms in total. The van der Waals surface area contributed by atoms with E-state index in [1.165, 1.54) is 62.5 Å². The number of rotatable bonds is 32. The van der Waals surface area contributed by atoms with E-state index in [2.05, 4.69) is 130 Å². The Balaban J connectivity index is 1.96. The second-order valence-electron chi connectivity index (χ2n) is 18.7. The van der Waals surface area contributed by atoms with E-state index in [9.17, 15) is 0 Å². The van der Waals surface area contributed by atoms with Crippen molar-refractivity contribution < 1.29 is 14.2 Å². The van der Waals surface area contributed by atoms with Gasteiger partial charge in [-0.25, -0.2) is 0 Å². The topological polar surface area (TPSA) is 27.7 Å². The molecule has 2 aromatic rings. The fraction of sp³-hybridized carbons (Fsp3) is 0.760. The molecule has 2 aromatic carbocycles. The van der Waals surface area contributed by atoms with Crippen molar-refractivity contribution in [1.82, 2.24) is 0 Å². The van der Waals surface area contributed by atoms with Gasteiger partial charge in [0.2, 0.25) is 0 Å². The molecule has 0 radical (unpaired) electrons. The minimum atomic E-state index is -0.306. The quantitative estimate of drug-likeness (QED) is 0.0545. The zero-order chi connectivity index (χ0) is 40.6. The van der Waals surface area contributed by atoms with Crippen molar-refractivity contribution >= 4 is 23.2 Å². The van der Waals surface area contributed by atoms with Crippen molar-refractivity contribution in [3.63, 3.8) is 0 Å². The molecule has 0 saturated heterocycles. The van der Waals surface area contributed by atoms with Crippen LogP contribution < -0.4 is 0 Å². The van der Waals surface area contributed by atoms with Gasteiger partial charge in [-0.1, -0.05) is 129 Å². The third-order valence-electron chi connectivity index (χ3n) is 11.4. The van der Waals surface area contributed by atoms with Gasteiger partial charge in [0.1, 0.15) is 0 Å². The number of hydrogen-bond donors (Lipinski definition) is 0. The third-order valence-corrected chi connectivity index (χ3v) is 11.8. The highest BCUT2D eigenvalue weighted by Gasteiger charge is 2.22. The Morgan fingerprint density at radius 1 is 0.382 bits per heavy atom. The van der Waals surface area contributed by atoms with E-state index in [0.717, 1.165) is 62.2 Å². The average Bonchev–Trinajstić information content (AvgIpc) is 3.08. The Kier molecular flexibility index (Phi) is 26.5. The summed E-state index contributed by atoms with van der Waals surface area (Å²) in [6, 6.07) is 20.9. The second kappa shape index (κ2) is 29.2. The molecule has 12 atom stereocenters. The van der Waals surface area contributed by atoms with Gasteiger partial charge in [0.05, 0.1) is 13.2 Å². The van der Waals surface area contributed by atoms with E-state index < -0.39 is 0 Å². The molecule has 0 aliphatic heterocycles. The van der Waals surface area contributed by atoms with Crippen molar-refractivity contribution in [2.45, 2.75) is 196 Å². The Morgan fingerprint density at radius 2 is 0.673 bits per heavy atom. The molecule has 0 heterocycles. The first-order valence-electron chi connectivity index (χ1n) is 22.4. The number of alkyl halides is 2. The van der Waals surface area contributed by atoms with Crippen LogP contribution in [0.3, 0.4) is 0 Å². The highest BCUT2D eigenvalue weighted by atomic mass is 35.5. The maximum absolute atomic E-state index is 6.79. The van der Waals surface area contributed by atoms with E-state index in [0.29, 0.717) is 36.9 Å². The summed E-state index contributed by atoms with van der Waals surface area (Å²) in [6.45, 7) is 24.6. The molecule has 2 rings (SSSR count). The van der Waals surface area contributed by atoms with Crippen LogP contribution >= 0.6 is 23.2 Å². The van der Waals surface area contributed by atoms with E-state index >= 15 is 0 Å². The summed E-state index contributed by atoms with van der Waals surface area (Å²) >= 11 is 12.5. The average molecular weight is 804 g/mol. The lowest BCUT2D eigenvalue weighted by atomic mass is 9.83. The van der Waals surface area contributed by atoms with Crippen LogP contribution in [-0.2, 0) is 27.4 Å². The molecule has 0 N–H and O–H groups in total. The van der Waals surface area contributed by atoms with Crippen LogP contribution in [0.4, 0.5) is 0 Å². The van der Waals surface area contributed by atoms with Crippen molar-refractivity contribution in [2.24, 2.45) is 47.3 Å². The molecule has 12 unspecified atom stereocenters. The molecular weight excluding hydrogens is 719 g/mol. The lowest BCUT2D eigenvalue weighted by molar-refractivity contribution is -0.257. The zero-order valence-electron chi connectivity index (χ0n) is 37.0. The Bertz CT molecular complexity index is 1080. The van der Waals surface area contributed by atoms with Crippen LogP contribution in [-0.4, -0.2) is 23.3 Å².